The maximum atomic E-state index is 11.3. The Balaban J connectivity index is 2.65. The highest BCUT2D eigenvalue weighted by molar-refractivity contribution is 6.02. The molecule has 2 N–H and O–H groups in total. The molecule has 0 radical (unpaired) electrons. The third-order valence-electron chi connectivity index (χ3n) is 2.35. The fourth-order valence-corrected chi connectivity index (χ4v) is 1.69. The first kappa shape index (κ1) is 10.2. The van der Waals surface area contributed by atoms with Gasteiger partial charge in [-0.15, -0.1) is 0 Å². The van der Waals surface area contributed by atoms with Crippen molar-refractivity contribution in [2.45, 2.75) is 38.6 Å². The van der Waals surface area contributed by atoms with Gasteiger partial charge in [0.1, 0.15) is 0 Å². The van der Waals surface area contributed by atoms with Crippen molar-refractivity contribution in [3.8, 4) is 0 Å². The fraction of sp³-hybridized carbons (Fsp3) is 0.778. The van der Waals surface area contributed by atoms with E-state index in [9.17, 15) is 9.59 Å². The molecule has 4 nitrogen and oxygen atoms in total. The minimum atomic E-state index is -0.0764. The Morgan fingerprint density at radius 3 is 2.31 bits per heavy atom. The molecule has 0 bridgehead atoms. The molecule has 0 aromatic heterocycles. The van der Waals surface area contributed by atoms with Gasteiger partial charge in [-0.05, 0) is 6.42 Å². The minimum Gasteiger partial charge on any atom is -0.328 e. The van der Waals surface area contributed by atoms with E-state index >= 15 is 0 Å². The largest absolute Gasteiger partial charge is 0.328 e. The van der Waals surface area contributed by atoms with Crippen LogP contribution in [0, 0.1) is 0 Å². The summed E-state index contributed by atoms with van der Waals surface area (Å²) in [6, 6.07) is -0.0764. The normalized spacial score (nSPS) is 19.7. The van der Waals surface area contributed by atoms with Crippen LogP contribution in [0.5, 0.6) is 0 Å². The number of hydrogen-bond acceptors (Lipinski definition) is 3. The predicted molar refractivity (Wildman–Crippen MR) is 48.8 cm³/mol. The first-order chi connectivity index (χ1) is 6.20. The summed E-state index contributed by atoms with van der Waals surface area (Å²) < 4.78 is 0. The summed E-state index contributed by atoms with van der Waals surface area (Å²) in [4.78, 5) is 24.0. The van der Waals surface area contributed by atoms with Gasteiger partial charge in [-0.2, -0.15) is 0 Å². The zero-order chi connectivity index (χ0) is 9.84. The SMILES string of the molecule is CCCC(CN)N1C(=O)CCC1=O. The molecule has 1 saturated heterocycles. The van der Waals surface area contributed by atoms with Crippen LogP contribution in [0.2, 0.25) is 0 Å². The van der Waals surface area contributed by atoms with Crippen molar-refractivity contribution in [3.05, 3.63) is 0 Å². The van der Waals surface area contributed by atoms with Crippen molar-refractivity contribution in [2.75, 3.05) is 6.54 Å². The molecule has 1 atom stereocenters. The smallest absolute Gasteiger partial charge is 0.229 e. The molecule has 1 aliphatic heterocycles. The van der Waals surface area contributed by atoms with Crippen LogP contribution in [0.1, 0.15) is 32.6 Å². The second kappa shape index (κ2) is 4.37. The van der Waals surface area contributed by atoms with Crippen LogP contribution in [-0.4, -0.2) is 29.3 Å². The first-order valence-corrected chi connectivity index (χ1v) is 4.75. The van der Waals surface area contributed by atoms with E-state index in [0.717, 1.165) is 12.8 Å². The fourth-order valence-electron chi connectivity index (χ4n) is 1.69. The van der Waals surface area contributed by atoms with Crippen LogP contribution in [-0.2, 0) is 9.59 Å². The van der Waals surface area contributed by atoms with Gasteiger partial charge in [0.05, 0.1) is 6.04 Å². The molecule has 1 fully saturated rings. The lowest BCUT2D eigenvalue weighted by atomic mass is 10.1. The van der Waals surface area contributed by atoms with Gasteiger partial charge in [0.2, 0.25) is 11.8 Å². The van der Waals surface area contributed by atoms with Gasteiger partial charge in [0.25, 0.3) is 0 Å². The molecule has 0 aromatic rings. The summed E-state index contributed by atoms with van der Waals surface area (Å²) >= 11 is 0. The summed E-state index contributed by atoms with van der Waals surface area (Å²) in [5, 5.41) is 0. The van der Waals surface area contributed by atoms with E-state index in [2.05, 4.69) is 0 Å². The molecule has 0 spiro atoms. The topological polar surface area (TPSA) is 63.4 Å². The third-order valence-corrected chi connectivity index (χ3v) is 2.35. The van der Waals surface area contributed by atoms with Crippen molar-refractivity contribution < 1.29 is 9.59 Å². The van der Waals surface area contributed by atoms with Gasteiger partial charge in [-0.3, -0.25) is 14.5 Å². The summed E-state index contributed by atoms with van der Waals surface area (Å²) in [5.74, 6) is -0.122. The van der Waals surface area contributed by atoms with Crippen molar-refractivity contribution in [2.24, 2.45) is 5.73 Å². The monoisotopic (exact) mass is 184 g/mol. The van der Waals surface area contributed by atoms with Crippen LogP contribution >= 0.6 is 0 Å². The lowest BCUT2D eigenvalue weighted by Crippen LogP contribution is -2.43. The lowest BCUT2D eigenvalue weighted by Gasteiger charge is -2.24. The molecule has 1 aliphatic rings. The van der Waals surface area contributed by atoms with E-state index < -0.39 is 0 Å². The molecule has 0 saturated carbocycles. The second-order valence-corrected chi connectivity index (χ2v) is 3.34. The third kappa shape index (κ3) is 2.06. The van der Waals surface area contributed by atoms with E-state index in [1.54, 1.807) is 0 Å². The second-order valence-electron chi connectivity index (χ2n) is 3.34. The maximum Gasteiger partial charge on any atom is 0.229 e. The number of carbonyl (C=O) groups excluding carboxylic acids is 2. The van der Waals surface area contributed by atoms with E-state index in [4.69, 9.17) is 5.73 Å². The molecule has 2 amide bonds. The quantitative estimate of drug-likeness (QED) is 0.637. The van der Waals surface area contributed by atoms with Crippen LogP contribution < -0.4 is 5.73 Å². The highest BCUT2D eigenvalue weighted by Crippen LogP contribution is 2.17. The number of nitrogens with two attached hydrogens (primary N) is 1. The van der Waals surface area contributed by atoms with Crippen molar-refractivity contribution in [1.82, 2.24) is 4.90 Å². The Morgan fingerprint density at radius 2 is 1.92 bits per heavy atom. The number of carbonyl (C=O) groups is 2. The van der Waals surface area contributed by atoms with Gasteiger partial charge in [0, 0.05) is 19.4 Å². The molecule has 13 heavy (non-hydrogen) atoms. The number of imide groups is 1. The van der Waals surface area contributed by atoms with E-state index in [0.29, 0.717) is 19.4 Å². The Bertz CT molecular complexity index is 200. The molecule has 0 aliphatic carbocycles. The van der Waals surface area contributed by atoms with Gasteiger partial charge in [0.15, 0.2) is 0 Å². The van der Waals surface area contributed by atoms with Crippen LogP contribution in [0.4, 0.5) is 0 Å². The van der Waals surface area contributed by atoms with Crippen LogP contribution in [0.15, 0.2) is 0 Å². The Kier molecular flexibility index (Phi) is 3.42. The van der Waals surface area contributed by atoms with Crippen molar-refractivity contribution in [3.63, 3.8) is 0 Å². The van der Waals surface area contributed by atoms with Crippen molar-refractivity contribution in [1.29, 1.82) is 0 Å². The standard InChI is InChI=1S/C9H16N2O2/c1-2-3-7(6-10)11-8(12)4-5-9(11)13/h7H,2-6,10H2,1H3. The number of nitrogens with zero attached hydrogens (tertiary/aromatic N) is 1. The van der Waals surface area contributed by atoms with E-state index in [-0.39, 0.29) is 17.9 Å². The Morgan fingerprint density at radius 1 is 1.38 bits per heavy atom. The lowest BCUT2D eigenvalue weighted by molar-refractivity contribution is -0.141. The van der Waals surface area contributed by atoms with Gasteiger partial charge in [-0.25, -0.2) is 0 Å². The predicted octanol–water partition coefficient (Wildman–Crippen LogP) is 0.263. The first-order valence-electron chi connectivity index (χ1n) is 4.75. The molecule has 0 aromatic carbocycles. The van der Waals surface area contributed by atoms with Gasteiger partial charge in [-0.1, -0.05) is 13.3 Å². The van der Waals surface area contributed by atoms with Gasteiger partial charge >= 0.3 is 0 Å². The summed E-state index contributed by atoms with van der Waals surface area (Å²) in [5.41, 5.74) is 5.52. The van der Waals surface area contributed by atoms with Crippen molar-refractivity contribution >= 4 is 11.8 Å². The van der Waals surface area contributed by atoms with Gasteiger partial charge < -0.3 is 5.73 Å². The number of rotatable bonds is 4. The molecule has 74 valence electrons. The highest BCUT2D eigenvalue weighted by Gasteiger charge is 2.33. The zero-order valence-corrected chi connectivity index (χ0v) is 7.95. The maximum absolute atomic E-state index is 11.3. The van der Waals surface area contributed by atoms with E-state index in [1.807, 2.05) is 6.92 Å². The summed E-state index contributed by atoms with van der Waals surface area (Å²) in [7, 11) is 0. The number of likely N-dealkylation sites (tertiary alicyclic amines) is 1. The molecular formula is C9H16N2O2. The molecule has 1 heterocycles. The summed E-state index contributed by atoms with van der Waals surface area (Å²) in [6.45, 7) is 2.40. The van der Waals surface area contributed by atoms with Crippen LogP contribution in [0.25, 0.3) is 0 Å². The average molecular weight is 184 g/mol. The minimum absolute atomic E-state index is 0.0612. The number of hydrogen-bond donors (Lipinski definition) is 1. The number of amides is 2. The molecule has 1 rings (SSSR count). The van der Waals surface area contributed by atoms with Crippen LogP contribution in [0.3, 0.4) is 0 Å². The molecule has 4 heteroatoms. The zero-order valence-electron chi connectivity index (χ0n) is 7.95. The van der Waals surface area contributed by atoms with E-state index in [1.165, 1.54) is 4.90 Å². The molecular weight excluding hydrogens is 168 g/mol. The Hall–Kier alpha value is -0.900. The summed E-state index contributed by atoms with van der Waals surface area (Å²) in [6.07, 6.45) is 2.48. The Labute approximate surface area is 78.1 Å². The average Bonchev–Trinajstić information content (AvgIpc) is 2.43. The molecule has 1 unspecified atom stereocenters. The highest BCUT2D eigenvalue weighted by atomic mass is 16.2.